The molecule has 11 heavy (non-hydrogen) atoms. The molecule has 2 heteroatoms. The Morgan fingerprint density at radius 2 is 2.27 bits per heavy atom. The van der Waals surface area contributed by atoms with Crippen LogP contribution in [-0.2, 0) is 0 Å². The summed E-state index contributed by atoms with van der Waals surface area (Å²) < 4.78 is 0. The third-order valence-electron chi connectivity index (χ3n) is 2.37. The van der Waals surface area contributed by atoms with Crippen LogP contribution in [0.1, 0.15) is 39.5 Å². The molecule has 1 fully saturated rings. The minimum atomic E-state index is 0.438. The van der Waals surface area contributed by atoms with Crippen molar-refractivity contribution in [2.45, 2.75) is 44.4 Å². The van der Waals surface area contributed by atoms with Crippen LogP contribution < -0.4 is 5.32 Å². The van der Waals surface area contributed by atoms with Crippen LogP contribution in [-0.4, -0.2) is 17.2 Å². The van der Waals surface area contributed by atoms with Crippen LogP contribution >= 0.6 is 11.8 Å². The molecular formula is C9H19NS. The van der Waals surface area contributed by atoms with Gasteiger partial charge in [0, 0.05) is 0 Å². The van der Waals surface area contributed by atoms with Crippen LogP contribution in [0.3, 0.4) is 0 Å². The largest absolute Gasteiger partial charge is 0.303 e. The molecule has 66 valence electrons. The highest BCUT2D eigenvalue weighted by Crippen LogP contribution is 2.33. The van der Waals surface area contributed by atoms with Gasteiger partial charge in [-0.05, 0) is 31.6 Å². The first-order chi connectivity index (χ1) is 5.33. The highest BCUT2D eigenvalue weighted by Gasteiger charge is 2.28. The summed E-state index contributed by atoms with van der Waals surface area (Å²) in [6.07, 6.45) is 5.24. The first kappa shape index (κ1) is 9.40. The summed E-state index contributed by atoms with van der Waals surface area (Å²) in [4.78, 5) is 0.438. The predicted octanol–water partition coefficient (Wildman–Crippen LogP) is 2.62. The number of nitrogens with one attached hydrogen (secondary N) is 1. The zero-order valence-electron chi connectivity index (χ0n) is 7.65. The van der Waals surface area contributed by atoms with Gasteiger partial charge < -0.3 is 5.32 Å². The molecule has 1 atom stereocenters. The van der Waals surface area contributed by atoms with Gasteiger partial charge in [-0.2, -0.15) is 0 Å². The van der Waals surface area contributed by atoms with Gasteiger partial charge in [-0.15, -0.1) is 11.8 Å². The fourth-order valence-corrected chi connectivity index (χ4v) is 3.11. The van der Waals surface area contributed by atoms with E-state index >= 15 is 0 Å². The van der Waals surface area contributed by atoms with Crippen molar-refractivity contribution >= 4 is 11.8 Å². The Labute approximate surface area is 74.3 Å². The molecule has 0 aliphatic carbocycles. The molecule has 1 unspecified atom stereocenters. The summed E-state index contributed by atoms with van der Waals surface area (Å²) >= 11 is 2.12. The van der Waals surface area contributed by atoms with E-state index in [2.05, 4.69) is 30.9 Å². The molecule has 0 spiro atoms. The highest BCUT2D eigenvalue weighted by molar-refractivity contribution is 8.00. The second kappa shape index (κ2) is 4.36. The van der Waals surface area contributed by atoms with Crippen molar-refractivity contribution in [3.05, 3.63) is 0 Å². The summed E-state index contributed by atoms with van der Waals surface area (Å²) in [6.45, 7) is 5.79. The maximum absolute atomic E-state index is 3.65. The average Bonchev–Trinajstić information content (AvgIpc) is 2.07. The van der Waals surface area contributed by atoms with Gasteiger partial charge in [0.15, 0.2) is 0 Å². The van der Waals surface area contributed by atoms with E-state index in [0.717, 1.165) is 0 Å². The van der Waals surface area contributed by atoms with Crippen molar-refractivity contribution in [3.63, 3.8) is 0 Å². The maximum atomic E-state index is 3.65. The summed E-state index contributed by atoms with van der Waals surface area (Å²) in [6, 6.07) is 0. The Morgan fingerprint density at radius 1 is 1.45 bits per heavy atom. The number of rotatable bonds is 3. The molecule has 0 saturated carbocycles. The second-order valence-corrected chi connectivity index (χ2v) is 4.71. The molecule has 0 amide bonds. The minimum Gasteiger partial charge on any atom is -0.303 e. The smallest absolute Gasteiger partial charge is 0.0642 e. The van der Waals surface area contributed by atoms with Crippen molar-refractivity contribution in [2.75, 3.05) is 12.3 Å². The Hall–Kier alpha value is 0.310. The van der Waals surface area contributed by atoms with Gasteiger partial charge in [0.05, 0.1) is 4.87 Å². The van der Waals surface area contributed by atoms with Crippen LogP contribution in [0.25, 0.3) is 0 Å². The van der Waals surface area contributed by atoms with Crippen LogP contribution in [0.15, 0.2) is 0 Å². The van der Waals surface area contributed by atoms with E-state index in [1.54, 1.807) is 0 Å². The van der Waals surface area contributed by atoms with E-state index in [0.29, 0.717) is 4.87 Å². The van der Waals surface area contributed by atoms with Crippen LogP contribution in [0.5, 0.6) is 0 Å². The van der Waals surface area contributed by atoms with Gasteiger partial charge in [-0.1, -0.05) is 20.3 Å². The number of thioether (sulfide) groups is 1. The number of hydrogen-bond acceptors (Lipinski definition) is 2. The van der Waals surface area contributed by atoms with Gasteiger partial charge >= 0.3 is 0 Å². The predicted molar refractivity (Wildman–Crippen MR) is 53.0 cm³/mol. The van der Waals surface area contributed by atoms with Gasteiger partial charge in [-0.3, -0.25) is 0 Å². The van der Waals surface area contributed by atoms with E-state index in [1.807, 2.05) is 0 Å². The van der Waals surface area contributed by atoms with Crippen LogP contribution in [0.4, 0.5) is 0 Å². The van der Waals surface area contributed by atoms with Gasteiger partial charge in [0.1, 0.15) is 0 Å². The van der Waals surface area contributed by atoms with Crippen molar-refractivity contribution in [3.8, 4) is 0 Å². The third kappa shape index (κ3) is 2.38. The molecule has 0 aromatic rings. The minimum absolute atomic E-state index is 0.438. The van der Waals surface area contributed by atoms with Gasteiger partial charge in [0.25, 0.3) is 0 Å². The Bertz CT molecular complexity index is 103. The van der Waals surface area contributed by atoms with Crippen molar-refractivity contribution in [1.82, 2.24) is 5.32 Å². The topological polar surface area (TPSA) is 12.0 Å². The van der Waals surface area contributed by atoms with E-state index in [4.69, 9.17) is 0 Å². The summed E-state index contributed by atoms with van der Waals surface area (Å²) in [5.74, 6) is 1.35. The van der Waals surface area contributed by atoms with Crippen LogP contribution in [0.2, 0.25) is 0 Å². The Morgan fingerprint density at radius 3 is 2.73 bits per heavy atom. The second-order valence-electron chi connectivity index (χ2n) is 3.23. The summed E-state index contributed by atoms with van der Waals surface area (Å²) in [5.41, 5.74) is 0. The zero-order chi connectivity index (χ0) is 8.16. The molecule has 1 nitrogen and oxygen atoms in total. The lowest BCUT2D eigenvalue weighted by Crippen LogP contribution is -2.45. The summed E-state index contributed by atoms with van der Waals surface area (Å²) in [5, 5.41) is 3.65. The first-order valence-corrected chi connectivity index (χ1v) is 5.70. The lowest BCUT2D eigenvalue weighted by atomic mass is 10.1. The SMILES string of the molecule is CCCC1(CC)NCCCS1. The third-order valence-corrected chi connectivity index (χ3v) is 4.05. The van der Waals surface area contributed by atoms with E-state index in [-0.39, 0.29) is 0 Å². The van der Waals surface area contributed by atoms with Gasteiger partial charge in [0.2, 0.25) is 0 Å². The Kier molecular flexibility index (Phi) is 3.73. The molecule has 1 N–H and O–H groups in total. The standard InChI is InChI=1S/C9H19NS/c1-3-6-9(4-2)10-7-5-8-11-9/h10H,3-8H2,1-2H3. The average molecular weight is 173 g/mol. The van der Waals surface area contributed by atoms with E-state index in [9.17, 15) is 0 Å². The van der Waals surface area contributed by atoms with Crippen molar-refractivity contribution < 1.29 is 0 Å². The molecule has 0 aromatic carbocycles. The van der Waals surface area contributed by atoms with Gasteiger partial charge in [-0.25, -0.2) is 0 Å². The van der Waals surface area contributed by atoms with E-state index < -0.39 is 0 Å². The lowest BCUT2D eigenvalue weighted by molar-refractivity contribution is 0.409. The fourth-order valence-electron chi connectivity index (χ4n) is 1.68. The van der Waals surface area contributed by atoms with Crippen molar-refractivity contribution in [1.29, 1.82) is 0 Å². The monoisotopic (exact) mass is 173 g/mol. The fraction of sp³-hybridized carbons (Fsp3) is 1.00. The van der Waals surface area contributed by atoms with Crippen molar-refractivity contribution in [2.24, 2.45) is 0 Å². The van der Waals surface area contributed by atoms with Crippen LogP contribution in [0, 0.1) is 0 Å². The molecule has 1 saturated heterocycles. The molecule has 1 heterocycles. The Balaban J connectivity index is 2.42. The molecule has 0 aromatic heterocycles. The molecule has 0 bridgehead atoms. The zero-order valence-corrected chi connectivity index (χ0v) is 8.47. The molecule has 1 aliphatic rings. The molecule has 0 radical (unpaired) electrons. The van der Waals surface area contributed by atoms with E-state index in [1.165, 1.54) is 38.0 Å². The molecule has 1 rings (SSSR count). The first-order valence-electron chi connectivity index (χ1n) is 4.72. The lowest BCUT2D eigenvalue weighted by Gasteiger charge is -2.37. The quantitative estimate of drug-likeness (QED) is 0.704. The molecule has 1 aliphatic heterocycles. The normalized spacial score (nSPS) is 32.2. The highest BCUT2D eigenvalue weighted by atomic mass is 32.2. The molecular weight excluding hydrogens is 154 g/mol. The number of hydrogen-bond donors (Lipinski definition) is 1. The summed E-state index contributed by atoms with van der Waals surface area (Å²) in [7, 11) is 0. The maximum Gasteiger partial charge on any atom is 0.0642 e.